The number of thioether (sulfide) groups is 1. The Hall–Kier alpha value is -0.870. The van der Waals surface area contributed by atoms with E-state index in [0.717, 1.165) is 23.6 Å². The number of phenolic OH excluding ortho intramolecular Hbond substituents is 1. The monoisotopic (exact) mass is 226 g/mol. The summed E-state index contributed by atoms with van der Waals surface area (Å²) in [6.45, 7) is 1.08. The fourth-order valence-electron chi connectivity index (χ4n) is 1.13. The Balaban J connectivity index is 2.35. The Morgan fingerprint density at radius 3 is 2.73 bits per heavy atom. The molecule has 0 atom stereocenters. The standard InChI is InChI=1S/C11H18N2OS/c1-13(2)5-6-15-8-9-3-4-11(14)10(12)7-9/h3-4,7,14H,5-6,8,12H2,1-2H3. The number of anilines is 1. The highest BCUT2D eigenvalue weighted by molar-refractivity contribution is 7.98. The van der Waals surface area contributed by atoms with Crippen LogP contribution in [0.4, 0.5) is 5.69 Å². The predicted octanol–water partition coefficient (Wildman–Crippen LogP) is 1.77. The zero-order chi connectivity index (χ0) is 11.3. The third kappa shape index (κ3) is 4.44. The van der Waals surface area contributed by atoms with Gasteiger partial charge in [0.2, 0.25) is 0 Å². The SMILES string of the molecule is CN(C)CCSCc1ccc(O)c(N)c1. The van der Waals surface area contributed by atoms with Crippen molar-refractivity contribution in [3.05, 3.63) is 23.8 Å². The van der Waals surface area contributed by atoms with Gasteiger partial charge in [0.05, 0.1) is 5.69 Å². The fourth-order valence-corrected chi connectivity index (χ4v) is 2.18. The van der Waals surface area contributed by atoms with E-state index in [1.807, 2.05) is 23.9 Å². The zero-order valence-electron chi connectivity index (χ0n) is 9.23. The van der Waals surface area contributed by atoms with Gasteiger partial charge in [0.25, 0.3) is 0 Å². The quantitative estimate of drug-likeness (QED) is 0.456. The van der Waals surface area contributed by atoms with Crippen LogP contribution < -0.4 is 5.73 Å². The number of nitrogens with zero attached hydrogens (tertiary/aromatic N) is 1. The topological polar surface area (TPSA) is 49.5 Å². The van der Waals surface area contributed by atoms with Crippen molar-refractivity contribution in [2.24, 2.45) is 0 Å². The molecule has 0 amide bonds. The first-order chi connectivity index (χ1) is 7.09. The van der Waals surface area contributed by atoms with E-state index in [-0.39, 0.29) is 5.75 Å². The van der Waals surface area contributed by atoms with Crippen LogP contribution in [0.5, 0.6) is 5.75 Å². The minimum Gasteiger partial charge on any atom is -0.506 e. The number of aromatic hydroxyl groups is 1. The van der Waals surface area contributed by atoms with Crippen LogP contribution in [0, 0.1) is 0 Å². The first kappa shape index (κ1) is 12.2. The van der Waals surface area contributed by atoms with Crippen LogP contribution in [0.1, 0.15) is 5.56 Å². The van der Waals surface area contributed by atoms with Gasteiger partial charge < -0.3 is 15.7 Å². The highest BCUT2D eigenvalue weighted by Crippen LogP contribution is 2.22. The molecule has 0 spiro atoms. The normalized spacial score (nSPS) is 10.9. The molecule has 1 aromatic carbocycles. The van der Waals surface area contributed by atoms with E-state index in [9.17, 15) is 5.11 Å². The molecule has 0 aliphatic carbocycles. The van der Waals surface area contributed by atoms with Crippen LogP contribution in [0.25, 0.3) is 0 Å². The van der Waals surface area contributed by atoms with Gasteiger partial charge in [-0.2, -0.15) is 11.8 Å². The summed E-state index contributed by atoms with van der Waals surface area (Å²) in [7, 11) is 4.14. The fraction of sp³-hybridized carbons (Fsp3) is 0.455. The second-order valence-electron chi connectivity index (χ2n) is 3.75. The largest absolute Gasteiger partial charge is 0.506 e. The van der Waals surface area contributed by atoms with E-state index in [4.69, 9.17) is 5.73 Å². The van der Waals surface area contributed by atoms with E-state index in [2.05, 4.69) is 19.0 Å². The Morgan fingerprint density at radius 2 is 2.13 bits per heavy atom. The van der Waals surface area contributed by atoms with Gasteiger partial charge in [-0.05, 0) is 31.8 Å². The maximum absolute atomic E-state index is 9.25. The maximum Gasteiger partial charge on any atom is 0.138 e. The Kier molecular flexibility index (Phi) is 4.78. The summed E-state index contributed by atoms with van der Waals surface area (Å²) in [5.74, 6) is 2.21. The lowest BCUT2D eigenvalue weighted by molar-refractivity contribution is 0.437. The highest BCUT2D eigenvalue weighted by atomic mass is 32.2. The van der Waals surface area contributed by atoms with Crippen molar-refractivity contribution in [3.8, 4) is 5.75 Å². The van der Waals surface area contributed by atoms with Crippen molar-refractivity contribution in [2.45, 2.75) is 5.75 Å². The molecule has 0 saturated heterocycles. The van der Waals surface area contributed by atoms with Crippen molar-refractivity contribution in [3.63, 3.8) is 0 Å². The Labute approximate surface area is 95.3 Å². The molecule has 0 aliphatic rings. The number of phenols is 1. The van der Waals surface area contributed by atoms with E-state index in [1.54, 1.807) is 6.07 Å². The molecule has 0 heterocycles. The van der Waals surface area contributed by atoms with Crippen molar-refractivity contribution in [2.75, 3.05) is 32.1 Å². The van der Waals surface area contributed by atoms with Gasteiger partial charge in [-0.25, -0.2) is 0 Å². The highest BCUT2D eigenvalue weighted by Gasteiger charge is 1.99. The minimum absolute atomic E-state index is 0.164. The maximum atomic E-state index is 9.25. The molecule has 0 fully saturated rings. The average molecular weight is 226 g/mol. The molecule has 1 rings (SSSR count). The second kappa shape index (κ2) is 5.88. The van der Waals surface area contributed by atoms with E-state index in [1.165, 1.54) is 0 Å². The zero-order valence-corrected chi connectivity index (χ0v) is 10.0. The summed E-state index contributed by atoms with van der Waals surface area (Å²) < 4.78 is 0. The van der Waals surface area contributed by atoms with Crippen molar-refractivity contribution in [1.82, 2.24) is 4.90 Å². The van der Waals surface area contributed by atoms with Crippen LogP contribution in [0.3, 0.4) is 0 Å². The average Bonchev–Trinajstić information content (AvgIpc) is 2.18. The number of rotatable bonds is 5. The molecule has 3 N–H and O–H groups in total. The molecule has 0 saturated carbocycles. The van der Waals surface area contributed by atoms with Crippen LogP contribution in [-0.4, -0.2) is 36.4 Å². The van der Waals surface area contributed by atoms with Gasteiger partial charge in [0.1, 0.15) is 5.75 Å². The van der Waals surface area contributed by atoms with E-state index < -0.39 is 0 Å². The van der Waals surface area contributed by atoms with Crippen molar-refractivity contribution < 1.29 is 5.11 Å². The van der Waals surface area contributed by atoms with Gasteiger partial charge in [-0.15, -0.1) is 0 Å². The second-order valence-corrected chi connectivity index (χ2v) is 4.85. The third-order valence-electron chi connectivity index (χ3n) is 2.04. The number of hydrogen-bond donors (Lipinski definition) is 2. The van der Waals surface area contributed by atoms with E-state index >= 15 is 0 Å². The number of benzene rings is 1. The number of nitrogens with two attached hydrogens (primary N) is 1. The molecule has 0 radical (unpaired) electrons. The molecule has 84 valence electrons. The molecule has 0 unspecified atom stereocenters. The summed E-state index contributed by atoms with van der Waals surface area (Å²) in [5.41, 5.74) is 7.23. The summed E-state index contributed by atoms with van der Waals surface area (Å²) in [6, 6.07) is 5.39. The first-order valence-corrected chi connectivity index (χ1v) is 6.05. The van der Waals surface area contributed by atoms with Gasteiger partial charge in [-0.1, -0.05) is 6.07 Å². The summed E-state index contributed by atoms with van der Waals surface area (Å²) in [6.07, 6.45) is 0. The smallest absolute Gasteiger partial charge is 0.138 e. The van der Waals surface area contributed by atoms with Gasteiger partial charge in [0.15, 0.2) is 0 Å². The van der Waals surface area contributed by atoms with Crippen molar-refractivity contribution >= 4 is 17.4 Å². The molecule has 0 bridgehead atoms. The van der Waals surface area contributed by atoms with Crippen LogP contribution in [-0.2, 0) is 5.75 Å². The molecular weight excluding hydrogens is 208 g/mol. The van der Waals surface area contributed by atoms with Crippen LogP contribution >= 0.6 is 11.8 Å². The summed E-state index contributed by atoms with van der Waals surface area (Å²) in [5, 5.41) is 9.25. The molecular formula is C11H18N2OS. The lowest BCUT2D eigenvalue weighted by Gasteiger charge is -2.09. The molecule has 3 nitrogen and oxygen atoms in total. The Morgan fingerprint density at radius 1 is 1.40 bits per heavy atom. The molecule has 0 aromatic heterocycles. The summed E-state index contributed by atoms with van der Waals surface area (Å²) in [4.78, 5) is 2.16. The third-order valence-corrected chi connectivity index (χ3v) is 3.05. The van der Waals surface area contributed by atoms with Gasteiger partial charge in [-0.3, -0.25) is 0 Å². The minimum atomic E-state index is 0.164. The summed E-state index contributed by atoms with van der Waals surface area (Å²) >= 11 is 1.87. The molecule has 0 aliphatic heterocycles. The van der Waals surface area contributed by atoms with E-state index in [0.29, 0.717) is 5.69 Å². The number of hydrogen-bond acceptors (Lipinski definition) is 4. The Bertz CT molecular complexity index is 315. The molecule has 1 aromatic rings. The van der Waals surface area contributed by atoms with Crippen molar-refractivity contribution in [1.29, 1.82) is 0 Å². The van der Waals surface area contributed by atoms with Gasteiger partial charge >= 0.3 is 0 Å². The van der Waals surface area contributed by atoms with Gasteiger partial charge in [0, 0.05) is 18.1 Å². The lowest BCUT2D eigenvalue weighted by Crippen LogP contribution is -2.14. The first-order valence-electron chi connectivity index (χ1n) is 4.89. The molecule has 4 heteroatoms. The van der Waals surface area contributed by atoms with Crippen LogP contribution in [0.2, 0.25) is 0 Å². The number of nitrogen functional groups attached to an aromatic ring is 1. The predicted molar refractivity (Wildman–Crippen MR) is 67.2 cm³/mol. The molecule has 15 heavy (non-hydrogen) atoms. The lowest BCUT2D eigenvalue weighted by atomic mass is 10.2. The van der Waals surface area contributed by atoms with Crippen LogP contribution in [0.15, 0.2) is 18.2 Å².